The van der Waals surface area contributed by atoms with E-state index in [0.717, 1.165) is 5.69 Å². The van der Waals surface area contributed by atoms with Crippen LogP contribution in [0.25, 0.3) is 0 Å². The fraction of sp³-hybridized carbons (Fsp3) is 0.545. The Morgan fingerprint density at radius 2 is 2.12 bits per heavy atom. The van der Waals surface area contributed by atoms with Gasteiger partial charge in [-0.25, -0.2) is 0 Å². The largest absolute Gasteiger partial charge is 0.390 e. The van der Waals surface area contributed by atoms with Gasteiger partial charge < -0.3 is 10.6 Å². The lowest BCUT2D eigenvalue weighted by Crippen LogP contribution is -2.34. The SMILES string of the molecule is C[C@@H](CC(F)(F)F)NCCNc1cccnc1. The van der Waals surface area contributed by atoms with Gasteiger partial charge in [0.15, 0.2) is 0 Å². The molecule has 1 atom stereocenters. The zero-order valence-electron chi connectivity index (χ0n) is 9.59. The first-order valence-electron chi connectivity index (χ1n) is 5.41. The number of alkyl halides is 3. The molecule has 17 heavy (non-hydrogen) atoms. The summed E-state index contributed by atoms with van der Waals surface area (Å²) in [4.78, 5) is 3.92. The summed E-state index contributed by atoms with van der Waals surface area (Å²) in [5, 5.41) is 5.86. The number of anilines is 1. The van der Waals surface area contributed by atoms with Gasteiger partial charge in [0.1, 0.15) is 0 Å². The average molecular weight is 247 g/mol. The van der Waals surface area contributed by atoms with Crippen molar-refractivity contribution in [2.45, 2.75) is 25.6 Å². The van der Waals surface area contributed by atoms with Crippen LogP contribution in [0, 0.1) is 0 Å². The highest BCUT2D eigenvalue weighted by atomic mass is 19.4. The van der Waals surface area contributed by atoms with Crippen LogP contribution in [0.15, 0.2) is 24.5 Å². The van der Waals surface area contributed by atoms with Gasteiger partial charge in [0.25, 0.3) is 0 Å². The summed E-state index contributed by atoms with van der Waals surface area (Å²) in [6.07, 6.45) is -1.59. The maximum atomic E-state index is 12.0. The van der Waals surface area contributed by atoms with E-state index in [-0.39, 0.29) is 0 Å². The topological polar surface area (TPSA) is 37.0 Å². The highest BCUT2D eigenvalue weighted by Crippen LogP contribution is 2.21. The molecule has 0 aliphatic carbocycles. The van der Waals surface area contributed by atoms with Crippen LogP contribution in [0.5, 0.6) is 0 Å². The van der Waals surface area contributed by atoms with E-state index in [0.29, 0.717) is 13.1 Å². The van der Waals surface area contributed by atoms with Crippen molar-refractivity contribution in [3.05, 3.63) is 24.5 Å². The van der Waals surface area contributed by atoms with Gasteiger partial charge in [-0.3, -0.25) is 4.98 Å². The van der Waals surface area contributed by atoms with Crippen LogP contribution < -0.4 is 10.6 Å². The molecule has 0 aromatic carbocycles. The highest BCUT2D eigenvalue weighted by Gasteiger charge is 2.29. The molecule has 6 heteroatoms. The summed E-state index contributed by atoms with van der Waals surface area (Å²) in [5.74, 6) is 0. The van der Waals surface area contributed by atoms with E-state index in [1.807, 2.05) is 6.07 Å². The molecular formula is C11H16F3N3. The van der Waals surface area contributed by atoms with E-state index in [2.05, 4.69) is 15.6 Å². The van der Waals surface area contributed by atoms with Gasteiger partial charge >= 0.3 is 6.18 Å². The standard InChI is InChI=1S/C11H16F3N3/c1-9(7-11(12,13)14)16-5-6-17-10-3-2-4-15-8-10/h2-4,8-9,16-17H,5-7H2,1H3/t9-/m0/s1. The summed E-state index contributed by atoms with van der Waals surface area (Å²) in [6, 6.07) is 3.08. The fourth-order valence-electron chi connectivity index (χ4n) is 1.41. The van der Waals surface area contributed by atoms with E-state index < -0.39 is 18.6 Å². The van der Waals surface area contributed by atoms with Crippen molar-refractivity contribution in [3.63, 3.8) is 0 Å². The third kappa shape index (κ3) is 6.78. The van der Waals surface area contributed by atoms with E-state index in [1.54, 1.807) is 18.5 Å². The number of rotatable bonds is 6. The molecule has 0 radical (unpaired) electrons. The van der Waals surface area contributed by atoms with Gasteiger partial charge in [-0.1, -0.05) is 0 Å². The summed E-state index contributed by atoms with van der Waals surface area (Å²) in [6.45, 7) is 2.57. The lowest BCUT2D eigenvalue weighted by Gasteiger charge is -2.16. The molecule has 1 rings (SSSR count). The molecule has 2 N–H and O–H groups in total. The maximum absolute atomic E-state index is 12.0. The second-order valence-electron chi connectivity index (χ2n) is 3.84. The molecule has 0 bridgehead atoms. The Hall–Kier alpha value is -1.30. The van der Waals surface area contributed by atoms with Crippen LogP contribution in [0.1, 0.15) is 13.3 Å². The van der Waals surface area contributed by atoms with Crippen molar-refractivity contribution in [2.75, 3.05) is 18.4 Å². The third-order valence-electron chi connectivity index (χ3n) is 2.15. The Kier molecular flexibility index (Phi) is 5.21. The number of nitrogens with zero attached hydrogens (tertiary/aromatic N) is 1. The summed E-state index contributed by atoms with van der Waals surface area (Å²) in [7, 11) is 0. The fourth-order valence-corrected chi connectivity index (χ4v) is 1.41. The monoisotopic (exact) mass is 247 g/mol. The second kappa shape index (κ2) is 6.44. The molecule has 0 fully saturated rings. The molecule has 0 spiro atoms. The van der Waals surface area contributed by atoms with Crippen LogP contribution in [-0.4, -0.2) is 30.3 Å². The Labute approximate surface area is 98.4 Å². The predicted molar refractivity (Wildman–Crippen MR) is 60.9 cm³/mol. The van der Waals surface area contributed by atoms with Crippen LogP contribution in [0.2, 0.25) is 0 Å². The third-order valence-corrected chi connectivity index (χ3v) is 2.15. The van der Waals surface area contributed by atoms with Gasteiger partial charge in [-0.05, 0) is 19.1 Å². The lowest BCUT2D eigenvalue weighted by atomic mass is 10.2. The summed E-state index contributed by atoms with van der Waals surface area (Å²) in [5.41, 5.74) is 0.859. The molecule has 0 saturated heterocycles. The van der Waals surface area contributed by atoms with Crippen molar-refractivity contribution < 1.29 is 13.2 Å². The number of hydrogen-bond acceptors (Lipinski definition) is 3. The number of pyridine rings is 1. The molecule has 0 unspecified atom stereocenters. The summed E-state index contributed by atoms with van der Waals surface area (Å²) < 4.78 is 36.0. The minimum atomic E-state index is -4.11. The van der Waals surface area contributed by atoms with Crippen LogP contribution in [-0.2, 0) is 0 Å². The van der Waals surface area contributed by atoms with Crippen molar-refractivity contribution in [1.29, 1.82) is 0 Å². The van der Waals surface area contributed by atoms with Crippen molar-refractivity contribution in [1.82, 2.24) is 10.3 Å². The molecule has 1 aromatic rings. The molecule has 0 amide bonds. The number of halogens is 3. The van der Waals surface area contributed by atoms with Gasteiger partial charge in [0, 0.05) is 31.5 Å². The van der Waals surface area contributed by atoms with E-state index in [9.17, 15) is 13.2 Å². The minimum Gasteiger partial charge on any atom is -0.383 e. The minimum absolute atomic E-state index is 0.478. The van der Waals surface area contributed by atoms with Crippen molar-refractivity contribution in [3.8, 4) is 0 Å². The normalized spacial score (nSPS) is 13.4. The Balaban J connectivity index is 2.12. The maximum Gasteiger partial charge on any atom is 0.390 e. The molecule has 0 aliphatic heterocycles. The van der Waals surface area contributed by atoms with E-state index in [1.165, 1.54) is 6.92 Å². The number of hydrogen-bond donors (Lipinski definition) is 2. The second-order valence-corrected chi connectivity index (χ2v) is 3.84. The Morgan fingerprint density at radius 1 is 1.35 bits per heavy atom. The highest BCUT2D eigenvalue weighted by molar-refractivity contribution is 5.39. The van der Waals surface area contributed by atoms with E-state index in [4.69, 9.17) is 0 Å². The van der Waals surface area contributed by atoms with Crippen LogP contribution in [0.4, 0.5) is 18.9 Å². The summed E-state index contributed by atoms with van der Waals surface area (Å²) >= 11 is 0. The number of aromatic nitrogens is 1. The molecule has 3 nitrogen and oxygen atoms in total. The van der Waals surface area contributed by atoms with Gasteiger partial charge in [0.2, 0.25) is 0 Å². The van der Waals surface area contributed by atoms with E-state index >= 15 is 0 Å². The Morgan fingerprint density at radius 3 is 2.71 bits per heavy atom. The molecule has 1 aromatic heterocycles. The molecule has 0 saturated carbocycles. The molecular weight excluding hydrogens is 231 g/mol. The Bertz CT molecular complexity index is 313. The quantitative estimate of drug-likeness (QED) is 0.758. The first-order chi connectivity index (χ1) is 7.97. The number of nitrogens with one attached hydrogen (secondary N) is 2. The van der Waals surface area contributed by atoms with Gasteiger partial charge in [-0.2, -0.15) is 13.2 Å². The van der Waals surface area contributed by atoms with Crippen LogP contribution >= 0.6 is 0 Å². The molecule has 96 valence electrons. The first-order valence-corrected chi connectivity index (χ1v) is 5.41. The molecule has 1 heterocycles. The molecule has 0 aliphatic rings. The van der Waals surface area contributed by atoms with Crippen LogP contribution in [0.3, 0.4) is 0 Å². The van der Waals surface area contributed by atoms with Crippen molar-refractivity contribution >= 4 is 5.69 Å². The van der Waals surface area contributed by atoms with Gasteiger partial charge in [-0.15, -0.1) is 0 Å². The lowest BCUT2D eigenvalue weighted by molar-refractivity contribution is -0.138. The zero-order valence-corrected chi connectivity index (χ0v) is 9.59. The predicted octanol–water partition coefficient (Wildman–Crippen LogP) is 2.42. The van der Waals surface area contributed by atoms with Gasteiger partial charge in [0.05, 0.1) is 12.1 Å². The first kappa shape index (κ1) is 13.8. The zero-order chi connectivity index (χ0) is 12.7. The average Bonchev–Trinajstić information content (AvgIpc) is 2.23. The van der Waals surface area contributed by atoms with Crippen molar-refractivity contribution in [2.24, 2.45) is 0 Å². The smallest absolute Gasteiger partial charge is 0.383 e.